The van der Waals surface area contributed by atoms with E-state index in [4.69, 9.17) is 4.74 Å². The summed E-state index contributed by atoms with van der Waals surface area (Å²) in [6.45, 7) is 5.91. The van der Waals surface area contributed by atoms with Crippen LogP contribution in [0.5, 0.6) is 0 Å². The zero-order valence-corrected chi connectivity index (χ0v) is 24.9. The summed E-state index contributed by atoms with van der Waals surface area (Å²) in [6, 6.07) is 20.2. The number of nitrogens with one attached hydrogen (secondary N) is 1. The minimum Gasteiger partial charge on any atom is -0.512 e. The van der Waals surface area contributed by atoms with Gasteiger partial charge in [0.1, 0.15) is 11.4 Å². The number of hydrogen-bond donors (Lipinski definition) is 2. The summed E-state index contributed by atoms with van der Waals surface area (Å²) in [5.74, 6) is -0.889. The highest BCUT2D eigenvalue weighted by atomic mass is 32.2. The Bertz CT molecular complexity index is 1470. The van der Waals surface area contributed by atoms with E-state index in [1.54, 1.807) is 24.3 Å². The molecule has 8 heteroatoms. The molecule has 4 rings (SSSR count). The molecule has 0 saturated carbocycles. The largest absolute Gasteiger partial charge is 0.512 e. The summed E-state index contributed by atoms with van der Waals surface area (Å²) in [5, 5.41) is 11.3. The molecule has 2 heterocycles. The van der Waals surface area contributed by atoms with Gasteiger partial charge in [-0.2, -0.15) is 8.42 Å². The molecule has 2 aromatic carbocycles. The fourth-order valence-corrected chi connectivity index (χ4v) is 6.49. The fourth-order valence-electron chi connectivity index (χ4n) is 5.51. The summed E-state index contributed by atoms with van der Waals surface area (Å²) < 4.78 is 34.7. The molecule has 3 aromatic rings. The van der Waals surface area contributed by atoms with Crippen LogP contribution in [-0.2, 0) is 26.0 Å². The zero-order chi connectivity index (χ0) is 29.5. The van der Waals surface area contributed by atoms with Gasteiger partial charge >= 0.3 is 5.97 Å². The average molecular weight is 577 g/mol. The van der Waals surface area contributed by atoms with Crippen molar-refractivity contribution < 1.29 is 23.1 Å². The van der Waals surface area contributed by atoms with Gasteiger partial charge in [0, 0.05) is 24.2 Å². The highest BCUT2D eigenvalue weighted by molar-refractivity contribution is 7.92. The number of esters is 1. The second kappa shape index (κ2) is 13.3. The third-order valence-corrected chi connectivity index (χ3v) is 9.03. The van der Waals surface area contributed by atoms with Gasteiger partial charge in [-0.05, 0) is 73.9 Å². The Balaban J connectivity index is 1.59. The summed E-state index contributed by atoms with van der Waals surface area (Å²) in [4.78, 5) is 17.6. The van der Waals surface area contributed by atoms with Crippen LogP contribution in [0.2, 0.25) is 0 Å². The van der Waals surface area contributed by atoms with E-state index in [1.807, 2.05) is 38.1 Å². The number of benzene rings is 2. The van der Waals surface area contributed by atoms with Crippen LogP contribution in [0.4, 0.5) is 5.69 Å². The summed E-state index contributed by atoms with van der Waals surface area (Å²) in [5.41, 5.74) is 2.58. The first-order chi connectivity index (χ1) is 19.7. The second-order valence-corrected chi connectivity index (χ2v) is 12.5. The highest BCUT2D eigenvalue weighted by Gasteiger charge is 2.43. The van der Waals surface area contributed by atoms with Gasteiger partial charge in [0.25, 0.3) is 10.0 Å². The molecule has 2 atom stereocenters. The first kappa shape index (κ1) is 30.3. The van der Waals surface area contributed by atoms with Gasteiger partial charge in [0.2, 0.25) is 0 Å². The maximum absolute atomic E-state index is 13.6. The van der Waals surface area contributed by atoms with E-state index >= 15 is 0 Å². The summed E-state index contributed by atoms with van der Waals surface area (Å²) in [6.07, 6.45) is 7.36. The van der Waals surface area contributed by atoms with Gasteiger partial charge in [0.05, 0.1) is 5.57 Å². The lowest BCUT2D eigenvalue weighted by Crippen LogP contribution is -2.41. The number of cyclic esters (lactones) is 1. The molecule has 0 radical (unpaired) electrons. The molecule has 2 unspecified atom stereocenters. The maximum atomic E-state index is 13.6. The molecule has 0 bridgehead atoms. The Hall–Kier alpha value is -3.65. The molecule has 7 nitrogen and oxygen atoms in total. The van der Waals surface area contributed by atoms with Crippen LogP contribution >= 0.6 is 0 Å². The van der Waals surface area contributed by atoms with Gasteiger partial charge in [-0.3, -0.25) is 4.72 Å². The van der Waals surface area contributed by atoms with Crippen LogP contribution in [0.25, 0.3) is 0 Å². The van der Waals surface area contributed by atoms with Crippen molar-refractivity contribution in [1.29, 1.82) is 0 Å². The van der Waals surface area contributed by atoms with Crippen molar-refractivity contribution in [3.8, 4) is 0 Å². The molecular weight excluding hydrogens is 536 g/mol. The number of nitrogens with zero attached hydrogens (tertiary/aromatic N) is 1. The molecule has 1 aliphatic heterocycles. The van der Waals surface area contributed by atoms with Gasteiger partial charge in [-0.25, -0.2) is 9.78 Å². The van der Waals surface area contributed by atoms with Crippen LogP contribution < -0.4 is 4.72 Å². The van der Waals surface area contributed by atoms with Gasteiger partial charge in [-0.15, -0.1) is 0 Å². The number of aliphatic hydroxyl groups is 1. The number of ether oxygens (including phenoxy) is 1. The van der Waals surface area contributed by atoms with E-state index in [0.717, 1.165) is 31.2 Å². The van der Waals surface area contributed by atoms with Gasteiger partial charge < -0.3 is 9.84 Å². The van der Waals surface area contributed by atoms with Gasteiger partial charge in [0.15, 0.2) is 5.03 Å². The normalized spacial score (nSPS) is 18.2. The predicted molar refractivity (Wildman–Crippen MR) is 161 cm³/mol. The number of aryl methyl sites for hydroxylation is 2. The quantitative estimate of drug-likeness (QED) is 0.162. The number of aromatic nitrogens is 1. The Morgan fingerprint density at radius 3 is 2.46 bits per heavy atom. The number of carbonyl (C=O) groups excluding carboxylic acids is 1. The van der Waals surface area contributed by atoms with Crippen LogP contribution in [0.15, 0.2) is 89.3 Å². The molecule has 1 aromatic heterocycles. The number of anilines is 1. The maximum Gasteiger partial charge on any atom is 0.338 e. The number of hydrogen-bond acceptors (Lipinski definition) is 6. The lowest BCUT2D eigenvalue weighted by Gasteiger charge is -2.39. The van der Waals surface area contributed by atoms with Crippen molar-refractivity contribution in [2.45, 2.75) is 88.7 Å². The number of pyridine rings is 1. The molecule has 0 spiro atoms. The first-order valence-corrected chi connectivity index (χ1v) is 15.9. The SMILES string of the molecule is CCCCCC1(CCc2ccccc2)CC(O)=C(C(CC)c2cccc(NS(=O)(=O)c3ccc(C)cn3)c2)C(=O)O1. The highest BCUT2D eigenvalue weighted by Crippen LogP contribution is 2.42. The second-order valence-electron chi connectivity index (χ2n) is 10.9. The smallest absolute Gasteiger partial charge is 0.338 e. The molecular formula is C33H40N2O5S. The Kier molecular flexibility index (Phi) is 9.86. The number of aliphatic hydroxyl groups excluding tert-OH is 1. The molecule has 0 fully saturated rings. The van der Waals surface area contributed by atoms with Crippen molar-refractivity contribution in [3.05, 3.63) is 101 Å². The predicted octanol–water partition coefficient (Wildman–Crippen LogP) is 7.40. The minimum absolute atomic E-state index is 0.0625. The monoisotopic (exact) mass is 576 g/mol. The molecule has 0 amide bonds. The van der Waals surface area contributed by atoms with E-state index in [0.29, 0.717) is 30.5 Å². The summed E-state index contributed by atoms with van der Waals surface area (Å²) >= 11 is 0. The van der Waals surface area contributed by atoms with Crippen LogP contribution in [0, 0.1) is 6.92 Å². The van der Waals surface area contributed by atoms with E-state index in [2.05, 4.69) is 28.8 Å². The average Bonchev–Trinajstić information content (AvgIpc) is 2.95. The number of rotatable bonds is 13. The molecule has 0 aliphatic carbocycles. The van der Waals surface area contributed by atoms with Crippen LogP contribution in [-0.4, -0.2) is 30.1 Å². The lowest BCUT2D eigenvalue weighted by molar-refractivity contribution is -0.161. The molecule has 2 N–H and O–H groups in total. The van der Waals surface area contributed by atoms with Crippen molar-refractivity contribution in [3.63, 3.8) is 0 Å². The van der Waals surface area contributed by atoms with Crippen LogP contribution in [0.1, 0.15) is 81.4 Å². The topological polar surface area (TPSA) is 106 Å². The Morgan fingerprint density at radius 2 is 1.80 bits per heavy atom. The van der Waals surface area contributed by atoms with Gasteiger partial charge in [-0.1, -0.05) is 75.2 Å². The molecule has 1 aliphatic rings. The van der Waals surface area contributed by atoms with Crippen molar-refractivity contribution in [1.82, 2.24) is 4.98 Å². The van der Waals surface area contributed by atoms with Crippen molar-refractivity contribution in [2.24, 2.45) is 0 Å². The Morgan fingerprint density at radius 1 is 1.02 bits per heavy atom. The molecule has 218 valence electrons. The summed E-state index contributed by atoms with van der Waals surface area (Å²) in [7, 11) is -3.90. The van der Waals surface area contributed by atoms with E-state index in [1.165, 1.54) is 17.8 Å². The number of unbranched alkanes of at least 4 members (excludes halogenated alkanes) is 2. The van der Waals surface area contributed by atoms with Crippen LogP contribution in [0.3, 0.4) is 0 Å². The minimum atomic E-state index is -3.90. The first-order valence-electron chi connectivity index (χ1n) is 14.4. The fraction of sp³-hybridized carbons (Fsp3) is 0.394. The van der Waals surface area contributed by atoms with Crippen molar-refractivity contribution >= 4 is 21.7 Å². The molecule has 0 saturated heterocycles. The van der Waals surface area contributed by atoms with E-state index < -0.39 is 27.5 Å². The lowest BCUT2D eigenvalue weighted by atomic mass is 9.79. The Labute approximate surface area is 243 Å². The van der Waals surface area contributed by atoms with E-state index in [-0.39, 0.29) is 22.8 Å². The third-order valence-electron chi connectivity index (χ3n) is 7.74. The zero-order valence-electron chi connectivity index (χ0n) is 24.1. The number of carbonyl (C=O) groups is 1. The molecule has 41 heavy (non-hydrogen) atoms. The number of sulfonamides is 1. The van der Waals surface area contributed by atoms with Crippen molar-refractivity contribution in [2.75, 3.05) is 4.72 Å². The standard InChI is InChI=1S/C33H40N2O5S/c1-4-6-10-19-33(20-18-25-12-8-7-9-13-25)22-29(36)31(32(37)40-33)28(5-2)26-14-11-15-27(21-26)35-41(38,39)30-17-16-24(3)23-34-30/h7-9,11-17,21,23,28,35-36H,4-6,10,18-20,22H2,1-3H3. The van der Waals surface area contributed by atoms with E-state index in [9.17, 15) is 18.3 Å². The third kappa shape index (κ3) is 7.55.